The van der Waals surface area contributed by atoms with E-state index in [9.17, 15) is 28.2 Å². The van der Waals surface area contributed by atoms with E-state index in [1.54, 1.807) is 5.38 Å². The second kappa shape index (κ2) is 15.3. The molecule has 0 spiro atoms. The van der Waals surface area contributed by atoms with Gasteiger partial charge in [0.15, 0.2) is 15.0 Å². The number of likely N-dealkylation sites (tertiary alicyclic amines) is 1. The second-order valence-electron chi connectivity index (χ2n) is 14.9. The first-order chi connectivity index (χ1) is 22.0. The number of thiazole rings is 1. The van der Waals surface area contributed by atoms with Crippen molar-refractivity contribution in [3.8, 4) is 0 Å². The molecule has 2 aromatic rings. The zero-order valence-electron chi connectivity index (χ0n) is 28.5. The maximum Gasteiger partial charge on any atom is 0.244 e. The lowest BCUT2D eigenvalue weighted by molar-refractivity contribution is -0.133. The van der Waals surface area contributed by atoms with Crippen LogP contribution in [0.15, 0.2) is 35.7 Å². The molecule has 5 N–H and O–H groups in total. The number of hydrogen-bond acceptors (Lipinski definition) is 10. The summed E-state index contributed by atoms with van der Waals surface area (Å²) in [6, 6.07) is 7.05. The number of carbonyl (C=O) groups excluding carboxylic acids is 2. The lowest BCUT2D eigenvalue weighted by atomic mass is 9.72. The highest BCUT2D eigenvalue weighted by molar-refractivity contribution is 7.92. The minimum absolute atomic E-state index is 0.0535. The van der Waals surface area contributed by atoms with Crippen LogP contribution in [0.5, 0.6) is 0 Å². The minimum atomic E-state index is -3.76. The van der Waals surface area contributed by atoms with Gasteiger partial charge in [-0.05, 0) is 71.3 Å². The van der Waals surface area contributed by atoms with Crippen LogP contribution < -0.4 is 16.0 Å². The SMILES string of the molecule is CC(C)(C)NC(=O)C1C[C@@H]2CCCC[C@@H]2CN1CC(O)C(Cc1ccccc1)NC(=O)[C@@H](Nc1nc(CO)cs1)C(C)(C)S(C)(=O)=O. The maximum atomic E-state index is 14.1. The molecule has 4 rings (SSSR count). The van der Waals surface area contributed by atoms with Gasteiger partial charge in [0.1, 0.15) is 6.04 Å². The number of anilines is 1. The molecular formula is C34H53N5O6S2. The predicted octanol–water partition coefficient (Wildman–Crippen LogP) is 3.12. The zero-order chi connectivity index (χ0) is 34.6. The molecule has 1 aliphatic heterocycles. The molecule has 1 aromatic carbocycles. The van der Waals surface area contributed by atoms with Crippen molar-refractivity contribution < 1.29 is 28.2 Å². The van der Waals surface area contributed by atoms with E-state index in [0.29, 0.717) is 35.6 Å². The summed E-state index contributed by atoms with van der Waals surface area (Å²) >= 11 is 1.16. The summed E-state index contributed by atoms with van der Waals surface area (Å²) < 4.78 is 24.4. The fraction of sp³-hybridized carbons (Fsp3) is 0.676. The van der Waals surface area contributed by atoms with Gasteiger partial charge >= 0.3 is 0 Å². The monoisotopic (exact) mass is 691 g/mol. The van der Waals surface area contributed by atoms with Gasteiger partial charge in [-0.2, -0.15) is 0 Å². The number of hydrogen-bond donors (Lipinski definition) is 5. The van der Waals surface area contributed by atoms with Crippen molar-refractivity contribution in [2.45, 2.75) is 114 Å². The quantitative estimate of drug-likeness (QED) is 0.213. The standard InChI is InChI=1S/C34H53N5O6S2/c1-33(2,3)38-30(42)27-17-23-14-10-11-15-24(23)18-39(27)19-28(41)26(16-22-12-8-7-9-13-22)36-31(43)29(34(4,5)47(6,44)45)37-32-35-25(20-40)21-46-32/h7-9,12-13,21,23-24,26-29,40-41H,10-11,14-20H2,1-6H3,(H,35,37)(H,36,43)(H,38,42)/t23-,24+,26?,27?,28?,29+/m0/s1. The Morgan fingerprint density at radius 1 is 1.09 bits per heavy atom. The fourth-order valence-electron chi connectivity index (χ4n) is 6.75. The fourth-order valence-corrected chi connectivity index (χ4v) is 8.08. The molecule has 1 aliphatic carbocycles. The number of rotatable bonds is 13. The van der Waals surface area contributed by atoms with Gasteiger partial charge in [0, 0.05) is 30.3 Å². The molecule has 2 heterocycles. The van der Waals surface area contributed by atoms with Crippen LogP contribution >= 0.6 is 11.3 Å². The van der Waals surface area contributed by atoms with E-state index in [-0.39, 0.29) is 19.1 Å². The summed E-state index contributed by atoms with van der Waals surface area (Å²) in [5.74, 6) is 0.259. The van der Waals surface area contributed by atoms with Crippen LogP contribution in [-0.2, 0) is 32.5 Å². The first kappa shape index (κ1) is 37.2. The van der Waals surface area contributed by atoms with Gasteiger partial charge in [-0.3, -0.25) is 14.5 Å². The molecule has 2 fully saturated rings. The minimum Gasteiger partial charge on any atom is -0.390 e. The number of benzene rings is 1. The largest absolute Gasteiger partial charge is 0.390 e. The number of β-amino-alcohol motifs (C(OH)–C–C–N with tert-alkyl or cyclic N) is 1. The third kappa shape index (κ3) is 9.75. The number of fused-ring (bicyclic) bond motifs is 1. The summed E-state index contributed by atoms with van der Waals surface area (Å²) in [6.45, 7) is 9.41. The molecule has 13 heteroatoms. The molecule has 262 valence electrons. The number of aliphatic hydroxyl groups excluding tert-OH is 2. The Kier molecular flexibility index (Phi) is 12.1. The number of aromatic nitrogens is 1. The molecule has 0 radical (unpaired) electrons. The molecule has 1 saturated carbocycles. The predicted molar refractivity (Wildman–Crippen MR) is 186 cm³/mol. The van der Waals surface area contributed by atoms with Crippen molar-refractivity contribution in [2.75, 3.05) is 24.7 Å². The Morgan fingerprint density at radius 3 is 2.34 bits per heavy atom. The van der Waals surface area contributed by atoms with Crippen molar-refractivity contribution in [2.24, 2.45) is 11.8 Å². The average Bonchev–Trinajstić information content (AvgIpc) is 3.46. The van der Waals surface area contributed by atoms with Crippen LogP contribution in [-0.4, -0.2) is 94.2 Å². The number of amides is 2. The van der Waals surface area contributed by atoms with Crippen LogP contribution in [0.1, 0.15) is 78.0 Å². The summed E-state index contributed by atoms with van der Waals surface area (Å²) in [5, 5.41) is 32.5. The van der Waals surface area contributed by atoms with Crippen molar-refractivity contribution in [3.63, 3.8) is 0 Å². The summed E-state index contributed by atoms with van der Waals surface area (Å²) in [7, 11) is -3.76. The van der Waals surface area contributed by atoms with E-state index in [1.165, 1.54) is 20.3 Å². The molecule has 0 bridgehead atoms. The molecule has 6 atom stereocenters. The number of piperidine rings is 1. The summed E-state index contributed by atoms with van der Waals surface area (Å²) in [5.41, 5.74) is 0.889. The smallest absolute Gasteiger partial charge is 0.244 e. The van der Waals surface area contributed by atoms with E-state index in [2.05, 4.69) is 25.8 Å². The van der Waals surface area contributed by atoms with Gasteiger partial charge in [-0.15, -0.1) is 11.3 Å². The lowest BCUT2D eigenvalue weighted by Crippen LogP contribution is -2.62. The maximum absolute atomic E-state index is 14.1. The van der Waals surface area contributed by atoms with Gasteiger partial charge in [-0.25, -0.2) is 13.4 Å². The first-order valence-corrected chi connectivity index (χ1v) is 19.4. The zero-order valence-corrected chi connectivity index (χ0v) is 30.2. The number of carbonyl (C=O) groups is 2. The topological polar surface area (TPSA) is 161 Å². The normalized spacial score (nSPS) is 22.9. The third-order valence-corrected chi connectivity index (χ3v) is 12.7. The van der Waals surface area contributed by atoms with Crippen LogP contribution in [0.2, 0.25) is 0 Å². The Balaban J connectivity index is 1.62. The molecule has 2 amide bonds. The van der Waals surface area contributed by atoms with Crippen molar-refractivity contribution >= 4 is 38.1 Å². The van der Waals surface area contributed by atoms with Gasteiger partial charge in [0.2, 0.25) is 11.8 Å². The van der Waals surface area contributed by atoms with Crippen LogP contribution in [0.4, 0.5) is 5.13 Å². The number of nitrogens with one attached hydrogen (secondary N) is 3. The molecule has 47 heavy (non-hydrogen) atoms. The van der Waals surface area contributed by atoms with Gasteiger partial charge in [0.25, 0.3) is 0 Å². The Bertz CT molecular complexity index is 1460. The third-order valence-electron chi connectivity index (χ3n) is 9.71. The van der Waals surface area contributed by atoms with Crippen molar-refractivity contribution in [1.29, 1.82) is 0 Å². The highest BCUT2D eigenvalue weighted by atomic mass is 32.2. The van der Waals surface area contributed by atoms with Crippen LogP contribution in [0, 0.1) is 11.8 Å². The van der Waals surface area contributed by atoms with Crippen molar-refractivity contribution in [3.05, 3.63) is 47.0 Å². The van der Waals surface area contributed by atoms with E-state index in [0.717, 1.165) is 48.8 Å². The van der Waals surface area contributed by atoms with Gasteiger partial charge < -0.3 is 26.2 Å². The van der Waals surface area contributed by atoms with Crippen molar-refractivity contribution in [1.82, 2.24) is 20.5 Å². The molecule has 1 saturated heterocycles. The Labute approximate surface area is 283 Å². The highest BCUT2D eigenvalue weighted by Crippen LogP contribution is 2.39. The van der Waals surface area contributed by atoms with E-state index in [1.807, 2.05) is 51.1 Å². The second-order valence-corrected chi connectivity index (χ2v) is 18.3. The molecule has 3 unspecified atom stereocenters. The Morgan fingerprint density at radius 2 is 1.74 bits per heavy atom. The Hall–Kier alpha value is -2.58. The number of aliphatic hydroxyl groups is 2. The van der Waals surface area contributed by atoms with Crippen LogP contribution in [0.3, 0.4) is 0 Å². The van der Waals surface area contributed by atoms with Crippen LogP contribution in [0.25, 0.3) is 0 Å². The average molecular weight is 692 g/mol. The van der Waals surface area contributed by atoms with E-state index < -0.39 is 50.3 Å². The number of nitrogens with zero attached hydrogens (tertiary/aromatic N) is 2. The van der Waals surface area contributed by atoms with Gasteiger partial charge in [-0.1, -0.05) is 49.6 Å². The lowest BCUT2D eigenvalue weighted by Gasteiger charge is -2.47. The van der Waals surface area contributed by atoms with E-state index in [4.69, 9.17) is 0 Å². The molecule has 11 nitrogen and oxygen atoms in total. The van der Waals surface area contributed by atoms with Gasteiger partial charge in [0.05, 0.1) is 35.2 Å². The molecule has 1 aromatic heterocycles. The van der Waals surface area contributed by atoms with E-state index >= 15 is 0 Å². The highest BCUT2D eigenvalue weighted by Gasteiger charge is 2.46. The molecule has 2 aliphatic rings. The molecular weight excluding hydrogens is 639 g/mol. The first-order valence-electron chi connectivity index (χ1n) is 16.6. The number of sulfone groups is 1. The summed E-state index contributed by atoms with van der Waals surface area (Å²) in [4.78, 5) is 34.1. The summed E-state index contributed by atoms with van der Waals surface area (Å²) in [6.07, 6.45) is 5.58.